The molecule has 162 valence electrons. The summed E-state index contributed by atoms with van der Waals surface area (Å²) in [5.41, 5.74) is 6.48. The third-order valence-corrected chi connectivity index (χ3v) is 4.95. The van der Waals surface area contributed by atoms with Crippen LogP contribution in [-0.4, -0.2) is 15.0 Å². The fourth-order valence-corrected chi connectivity index (χ4v) is 3.68. The first-order chi connectivity index (χ1) is 15.7. The van der Waals surface area contributed by atoms with E-state index in [1.807, 2.05) is 54.6 Å². The Bertz CT molecular complexity index is 1170. The summed E-state index contributed by atoms with van der Waals surface area (Å²) in [6.07, 6.45) is 1.34. The molecule has 1 aliphatic heterocycles. The Morgan fingerprint density at radius 3 is 1.61 bits per heavy atom. The molecule has 0 aliphatic carbocycles. The summed E-state index contributed by atoms with van der Waals surface area (Å²) in [4.78, 5) is 14.6. The number of benzene rings is 1. The monoisotopic (exact) mass is 611 g/mol. The van der Waals surface area contributed by atoms with Crippen molar-refractivity contribution < 1.29 is 24.5 Å². The molecule has 5 rings (SSSR count). The summed E-state index contributed by atoms with van der Waals surface area (Å²) in [6.45, 7) is 9.50. The Kier molecular flexibility index (Phi) is 9.51. The van der Waals surface area contributed by atoms with Gasteiger partial charge in [-0.05, 0) is 36.4 Å². The van der Waals surface area contributed by atoms with Crippen molar-refractivity contribution in [1.82, 2.24) is 15.0 Å². The molecule has 5 nitrogen and oxygen atoms in total. The summed E-state index contributed by atoms with van der Waals surface area (Å²) in [7, 11) is 0. The fourth-order valence-electron chi connectivity index (χ4n) is 3.68. The van der Waals surface area contributed by atoms with Crippen LogP contribution in [0.15, 0.2) is 72.8 Å². The van der Waals surface area contributed by atoms with Crippen LogP contribution in [0.3, 0.4) is 0 Å². The molecule has 0 radical (unpaired) electrons. The molecular weight excluding hydrogens is 594 g/mol. The van der Waals surface area contributed by atoms with Gasteiger partial charge in [0.25, 0.3) is 0 Å². The molecule has 0 saturated carbocycles. The molecule has 0 fully saturated rings. The first kappa shape index (κ1) is 25.5. The van der Waals surface area contributed by atoms with Gasteiger partial charge in [-0.3, -0.25) is 19.3 Å². The Balaban J connectivity index is 0.000000733. The Hall–Kier alpha value is -3.77. The number of halogens is 1. The number of rotatable bonds is 1. The first-order valence-corrected chi connectivity index (χ1v) is 9.73. The largest absolute Gasteiger partial charge is 3.00 e. The van der Waals surface area contributed by atoms with Gasteiger partial charge in [-0.15, -0.1) is 17.7 Å². The van der Waals surface area contributed by atoms with Crippen molar-refractivity contribution in [2.24, 2.45) is 0 Å². The second-order valence-electron chi connectivity index (χ2n) is 6.98. The quantitative estimate of drug-likeness (QED) is 0.258. The van der Waals surface area contributed by atoms with E-state index in [2.05, 4.69) is 6.07 Å². The van der Waals surface area contributed by atoms with E-state index in [4.69, 9.17) is 38.6 Å². The van der Waals surface area contributed by atoms with Gasteiger partial charge in [0.05, 0.1) is 11.4 Å². The van der Waals surface area contributed by atoms with Crippen molar-refractivity contribution in [3.05, 3.63) is 138 Å². The van der Waals surface area contributed by atoms with Crippen LogP contribution < -0.4 is 0 Å². The summed E-state index contributed by atoms with van der Waals surface area (Å²) >= 11 is 0. The van der Waals surface area contributed by atoms with Crippen molar-refractivity contribution in [2.75, 3.05) is 0 Å². The maximum absolute atomic E-state index is 13.5. The predicted molar refractivity (Wildman–Crippen MR) is 114 cm³/mol. The molecule has 1 aliphatic rings. The zero-order chi connectivity index (χ0) is 22.9. The van der Waals surface area contributed by atoms with Crippen LogP contribution in [0, 0.1) is 35.6 Å². The predicted octanol–water partition coefficient (Wildman–Crippen LogP) is 4.68. The molecule has 4 aromatic rings. The van der Waals surface area contributed by atoms with Crippen molar-refractivity contribution in [1.29, 1.82) is 10.5 Å². The molecule has 0 atom stereocenters. The molecule has 7 heteroatoms. The van der Waals surface area contributed by atoms with E-state index in [1.54, 1.807) is 6.07 Å². The molecule has 6 bridgehead atoms. The second-order valence-corrected chi connectivity index (χ2v) is 6.98. The van der Waals surface area contributed by atoms with Gasteiger partial charge in [0.2, 0.25) is 0 Å². The molecule has 0 unspecified atom stereocenters. The Morgan fingerprint density at radius 2 is 1.15 bits per heavy atom. The standard InChI is InChI=1S/C24H17FN3.2CN.Ir/c25-17-12-10-16(11-13-17)24-22-8-2-6-20(27-22)14-18-4-1-5-19(26-18)15-21-7-3-9-23(24)28-21;2*1-2;/h1-10,12-13,24H,14-15H2;;;/q3*-1;+3. The maximum Gasteiger partial charge on any atom is 3.00 e. The topological polar surface area (TPSA) is 86.2 Å². The smallest absolute Gasteiger partial charge is 0.512 e. The van der Waals surface area contributed by atoms with E-state index in [0.29, 0.717) is 12.8 Å². The zero-order valence-electron chi connectivity index (χ0n) is 17.4. The summed E-state index contributed by atoms with van der Waals surface area (Å²) in [6, 6.07) is 25.8. The zero-order valence-corrected chi connectivity index (χ0v) is 19.8. The van der Waals surface area contributed by atoms with Gasteiger partial charge in [0, 0.05) is 47.4 Å². The molecular formula is C26H17FIrN5. The Morgan fingerprint density at radius 1 is 0.697 bits per heavy atom. The molecule has 0 saturated heterocycles. The fraction of sp³-hybridized carbons (Fsp3) is 0.115. The minimum atomic E-state index is -0.301. The van der Waals surface area contributed by atoms with Gasteiger partial charge >= 0.3 is 20.1 Å². The van der Waals surface area contributed by atoms with Gasteiger partial charge in [0.15, 0.2) is 0 Å². The van der Waals surface area contributed by atoms with Crippen molar-refractivity contribution in [2.45, 2.75) is 18.8 Å². The molecule has 0 N–H and O–H groups in total. The van der Waals surface area contributed by atoms with Crippen LogP contribution in [-0.2, 0) is 32.9 Å². The van der Waals surface area contributed by atoms with Crippen LogP contribution in [0.5, 0.6) is 0 Å². The van der Waals surface area contributed by atoms with Crippen LogP contribution in [0.2, 0.25) is 0 Å². The number of aromatic nitrogens is 3. The van der Waals surface area contributed by atoms with Gasteiger partial charge in [0.1, 0.15) is 0 Å². The first-order valence-electron chi connectivity index (χ1n) is 9.73. The van der Waals surface area contributed by atoms with Crippen molar-refractivity contribution >= 4 is 0 Å². The average molecular weight is 611 g/mol. The summed E-state index contributed by atoms with van der Waals surface area (Å²) in [5.74, 6) is -0.504. The van der Waals surface area contributed by atoms with E-state index in [0.717, 1.165) is 39.7 Å². The average Bonchev–Trinajstić information content (AvgIpc) is 2.83. The van der Waals surface area contributed by atoms with E-state index < -0.39 is 0 Å². The summed E-state index contributed by atoms with van der Waals surface area (Å²) in [5, 5.41) is 12.5. The number of nitrogens with zero attached hydrogens (tertiary/aromatic N) is 5. The molecule has 1 aromatic carbocycles. The molecule has 0 amide bonds. The molecule has 33 heavy (non-hydrogen) atoms. The van der Waals surface area contributed by atoms with Crippen molar-refractivity contribution in [3.8, 4) is 0 Å². The number of pyridine rings is 3. The SMILES string of the molecule is Fc1c[c-]c(C2c3cccc(n3)Cc3cccc(n3)Cc3cccc2n3)cc1.[C-]#N.[C-]#N.[Ir+3]. The van der Waals surface area contributed by atoms with Gasteiger partial charge in [-0.2, -0.15) is 12.1 Å². The van der Waals surface area contributed by atoms with Crippen LogP contribution >= 0.6 is 0 Å². The van der Waals surface area contributed by atoms with Crippen LogP contribution in [0.4, 0.5) is 4.39 Å². The van der Waals surface area contributed by atoms with E-state index in [1.165, 1.54) is 12.1 Å². The third-order valence-electron chi connectivity index (χ3n) is 4.95. The van der Waals surface area contributed by atoms with Crippen LogP contribution in [0.25, 0.3) is 0 Å². The molecule has 0 spiro atoms. The van der Waals surface area contributed by atoms with Crippen LogP contribution in [0.1, 0.15) is 45.6 Å². The van der Waals surface area contributed by atoms with E-state index >= 15 is 0 Å². The van der Waals surface area contributed by atoms with E-state index in [9.17, 15) is 4.39 Å². The van der Waals surface area contributed by atoms with E-state index in [-0.39, 0.29) is 31.8 Å². The number of hydrogen-bond donors (Lipinski definition) is 0. The normalized spacial score (nSPS) is 11.5. The summed E-state index contributed by atoms with van der Waals surface area (Å²) < 4.78 is 13.5. The second kappa shape index (κ2) is 12.3. The number of fused-ring (bicyclic) bond motifs is 6. The third kappa shape index (κ3) is 6.14. The minimum Gasteiger partial charge on any atom is -0.512 e. The number of hydrogen-bond acceptors (Lipinski definition) is 5. The van der Waals surface area contributed by atoms with Gasteiger partial charge in [-0.25, -0.2) is 0 Å². The molecule has 4 heterocycles. The maximum atomic E-state index is 13.5. The van der Waals surface area contributed by atoms with Gasteiger partial charge in [-0.1, -0.05) is 18.2 Å². The molecule has 3 aromatic heterocycles. The Labute approximate surface area is 206 Å². The minimum absolute atomic E-state index is 0. The van der Waals surface area contributed by atoms with Gasteiger partial charge < -0.3 is 23.7 Å². The van der Waals surface area contributed by atoms with Crippen molar-refractivity contribution in [3.63, 3.8) is 0 Å².